The normalized spacial score (nSPS) is 23.7. The fourth-order valence-electron chi connectivity index (χ4n) is 11.9. The van der Waals surface area contributed by atoms with Gasteiger partial charge in [-0.1, -0.05) is 121 Å². The number of ether oxygens (including phenoxy) is 2. The van der Waals surface area contributed by atoms with Gasteiger partial charge in [0.1, 0.15) is 29.9 Å². The predicted molar refractivity (Wildman–Crippen MR) is 279 cm³/mol. The van der Waals surface area contributed by atoms with Gasteiger partial charge in [0, 0.05) is 44.1 Å². The van der Waals surface area contributed by atoms with Crippen LogP contribution < -0.4 is 19.9 Å². The first-order valence-electron chi connectivity index (χ1n) is 25.5. The number of urea groups is 1. The van der Waals surface area contributed by atoms with E-state index < -0.39 is 65.4 Å². The van der Waals surface area contributed by atoms with E-state index in [9.17, 15) is 5.11 Å². The summed E-state index contributed by atoms with van der Waals surface area (Å²) in [5.41, 5.74) is 3.18. The highest BCUT2D eigenvalue weighted by Gasteiger charge is 2.76. The second-order valence-corrected chi connectivity index (χ2v) is 19.5. The van der Waals surface area contributed by atoms with Crippen molar-refractivity contribution in [2.75, 3.05) is 49.2 Å². The number of nitrogens with one attached hydrogen (secondary N) is 1. The van der Waals surface area contributed by atoms with E-state index in [1.807, 2.05) is 138 Å². The number of carbonyl (C=O) groups is 4. The number of piperazine rings is 1. The lowest BCUT2D eigenvalue weighted by molar-refractivity contribution is -0.179. The third-order valence-electron chi connectivity index (χ3n) is 15.2. The Labute approximate surface area is 430 Å². The molecule has 5 heterocycles. The Hall–Kier alpha value is -8.12. The number of cyclic esters (lactones) is 1. The van der Waals surface area contributed by atoms with Gasteiger partial charge in [-0.05, 0) is 102 Å². The summed E-state index contributed by atoms with van der Waals surface area (Å²) in [5.74, 6) is 4.51. The number of amides is 4. The average Bonchev–Trinajstić information content (AvgIpc) is 3.98. The number of aromatic nitrogens is 2. The SMILES string of the molecule is CC(NC(=O)N1C(=O)C2(c3cc(C#CC4=CCCCC4)ccc31)C(C(=O)N1CCN(c3ncccn3)CC1)C1C(=O)OC(c3ccccc3)C(c3ccccc3)N1C2c1cccc(OCCO)c1)c1ccccc1. The predicted octanol–water partition coefficient (Wildman–Crippen LogP) is 8.18. The Bertz CT molecular complexity index is 3140. The first kappa shape index (κ1) is 48.2. The Balaban J connectivity index is 1.17. The maximum Gasteiger partial charge on any atom is 0.329 e. The summed E-state index contributed by atoms with van der Waals surface area (Å²) in [6, 6.07) is 38.7. The summed E-state index contributed by atoms with van der Waals surface area (Å²) in [6.07, 6.45) is 8.55. The van der Waals surface area contributed by atoms with Crippen LogP contribution in [0.4, 0.5) is 16.4 Å². The molecule has 2 N–H and O–H groups in total. The molecule has 14 heteroatoms. The van der Waals surface area contributed by atoms with Crippen LogP contribution in [0.5, 0.6) is 5.75 Å². The minimum absolute atomic E-state index is 0.00443. The molecule has 0 bridgehead atoms. The number of morpholine rings is 1. The first-order chi connectivity index (χ1) is 36.3. The molecule has 3 saturated heterocycles. The molecule has 4 amide bonds. The topological polar surface area (TPSA) is 158 Å². The summed E-state index contributed by atoms with van der Waals surface area (Å²) in [4.78, 5) is 80.4. The van der Waals surface area contributed by atoms with Gasteiger partial charge in [-0.25, -0.2) is 19.7 Å². The molecule has 0 radical (unpaired) electrons. The molecule has 374 valence electrons. The van der Waals surface area contributed by atoms with Gasteiger partial charge in [0.25, 0.3) is 0 Å². The van der Waals surface area contributed by atoms with Gasteiger partial charge in [-0.15, -0.1) is 0 Å². The largest absolute Gasteiger partial charge is 0.491 e. The monoisotopic (exact) mass is 987 g/mol. The van der Waals surface area contributed by atoms with Gasteiger partial charge < -0.3 is 29.7 Å². The molecular weight excluding hydrogens is 931 g/mol. The number of allylic oxidation sites excluding steroid dienone is 2. The highest BCUT2D eigenvalue weighted by Crippen LogP contribution is 2.66. The molecule has 14 nitrogen and oxygen atoms in total. The number of esters is 1. The van der Waals surface area contributed by atoms with Crippen molar-refractivity contribution in [2.24, 2.45) is 5.92 Å². The number of fused-ring (bicyclic) bond motifs is 3. The second-order valence-electron chi connectivity index (χ2n) is 19.5. The molecule has 1 aliphatic carbocycles. The van der Waals surface area contributed by atoms with Crippen LogP contribution in [0.3, 0.4) is 0 Å². The molecule has 5 aliphatic rings. The van der Waals surface area contributed by atoms with Crippen LogP contribution in [0.15, 0.2) is 164 Å². The Morgan fingerprint density at radius 1 is 0.797 bits per heavy atom. The molecule has 1 spiro atoms. The van der Waals surface area contributed by atoms with E-state index in [0.717, 1.165) is 47.9 Å². The lowest BCUT2D eigenvalue weighted by atomic mass is 9.64. The summed E-state index contributed by atoms with van der Waals surface area (Å²) < 4.78 is 12.8. The van der Waals surface area contributed by atoms with Crippen LogP contribution in [0.1, 0.15) is 90.2 Å². The number of hydrogen-bond donors (Lipinski definition) is 2. The average molecular weight is 988 g/mol. The van der Waals surface area contributed by atoms with Crippen molar-refractivity contribution in [2.45, 2.75) is 68.3 Å². The minimum Gasteiger partial charge on any atom is -0.491 e. The molecule has 0 saturated carbocycles. The Morgan fingerprint density at radius 2 is 1.50 bits per heavy atom. The van der Waals surface area contributed by atoms with E-state index in [4.69, 9.17) is 9.47 Å². The number of nitrogens with zero attached hydrogens (tertiary/aromatic N) is 6. The van der Waals surface area contributed by atoms with Gasteiger partial charge in [0.05, 0.1) is 36.3 Å². The van der Waals surface area contributed by atoms with Gasteiger partial charge in [0.2, 0.25) is 17.8 Å². The molecule has 1 aromatic heterocycles. The smallest absolute Gasteiger partial charge is 0.329 e. The molecular formula is C60H57N7O7. The van der Waals surface area contributed by atoms with Crippen LogP contribution in [0.2, 0.25) is 0 Å². The molecule has 4 aliphatic heterocycles. The number of anilines is 2. The van der Waals surface area contributed by atoms with E-state index >= 15 is 19.2 Å². The maximum atomic E-state index is 17.0. The summed E-state index contributed by atoms with van der Waals surface area (Å²) in [5, 5.41) is 13.0. The number of rotatable bonds is 10. The number of benzene rings is 5. The summed E-state index contributed by atoms with van der Waals surface area (Å²) >= 11 is 0. The maximum absolute atomic E-state index is 17.0. The third kappa shape index (κ3) is 8.75. The van der Waals surface area contributed by atoms with E-state index in [-0.39, 0.29) is 32.0 Å². The molecule has 7 atom stereocenters. The zero-order valence-corrected chi connectivity index (χ0v) is 41.1. The Kier molecular flexibility index (Phi) is 13.5. The molecule has 7 unspecified atom stereocenters. The summed E-state index contributed by atoms with van der Waals surface area (Å²) in [6.45, 7) is 2.84. The lowest BCUT2D eigenvalue weighted by Crippen LogP contribution is -2.59. The third-order valence-corrected chi connectivity index (χ3v) is 15.2. The molecule has 11 rings (SSSR count). The second kappa shape index (κ2) is 20.8. The van der Waals surface area contributed by atoms with Crippen molar-refractivity contribution in [1.29, 1.82) is 0 Å². The number of hydrogen-bond acceptors (Lipinski definition) is 11. The van der Waals surface area contributed by atoms with Crippen LogP contribution in [-0.2, 0) is 24.5 Å². The number of aliphatic hydroxyl groups excluding tert-OH is 1. The molecule has 6 aromatic rings. The standard InChI is InChI=1S/C60H57N7O7/c1-40(43-18-8-3-9-19-43)63-59(72)66-49-29-28-42(27-26-41-16-6-2-7-17-41)38-48(49)60(57(66)71)50(55(69)64-32-34-65(35-33-64)58-61-30-15-31-62-58)52-56(70)74-53(45-22-12-5-13-23-45)51(44-20-10-4-11-21-44)67(52)54(60)46-24-14-25-47(39-46)73-37-36-68/h3-5,8-16,18-25,28-31,38-40,50-54,68H,2,6-7,17,32-37H2,1H3,(H,63,72). The van der Waals surface area contributed by atoms with Gasteiger partial charge >= 0.3 is 12.0 Å². The van der Waals surface area contributed by atoms with Gasteiger partial charge in [-0.3, -0.25) is 19.3 Å². The van der Waals surface area contributed by atoms with Gasteiger partial charge in [0.15, 0.2) is 0 Å². The van der Waals surface area contributed by atoms with Crippen molar-refractivity contribution in [3.63, 3.8) is 0 Å². The van der Waals surface area contributed by atoms with E-state index in [1.54, 1.807) is 35.5 Å². The Morgan fingerprint density at radius 3 is 2.20 bits per heavy atom. The first-order valence-corrected chi connectivity index (χ1v) is 25.5. The van der Waals surface area contributed by atoms with Crippen molar-refractivity contribution in [1.82, 2.24) is 25.1 Å². The molecule has 74 heavy (non-hydrogen) atoms. The quantitative estimate of drug-likeness (QED) is 0.101. The van der Waals surface area contributed by atoms with E-state index in [2.05, 4.69) is 33.2 Å². The fraction of sp³-hybridized carbons (Fsp3) is 0.300. The molecule has 3 fully saturated rings. The van der Waals surface area contributed by atoms with Gasteiger partial charge in [-0.2, -0.15) is 0 Å². The number of imide groups is 1. The summed E-state index contributed by atoms with van der Waals surface area (Å²) in [7, 11) is 0. The number of aliphatic hydroxyl groups is 1. The van der Waals surface area contributed by atoms with Crippen LogP contribution >= 0.6 is 0 Å². The fourth-order valence-corrected chi connectivity index (χ4v) is 11.9. The highest BCUT2D eigenvalue weighted by molar-refractivity contribution is 6.24. The van der Waals surface area contributed by atoms with Crippen molar-refractivity contribution in [3.8, 4) is 17.6 Å². The van der Waals surface area contributed by atoms with Crippen LogP contribution in [0, 0.1) is 17.8 Å². The van der Waals surface area contributed by atoms with Crippen molar-refractivity contribution >= 4 is 35.5 Å². The van der Waals surface area contributed by atoms with E-state index in [1.165, 1.54) is 4.90 Å². The number of carbonyl (C=O) groups excluding carboxylic acids is 4. The van der Waals surface area contributed by atoms with E-state index in [0.29, 0.717) is 41.5 Å². The minimum atomic E-state index is -1.99. The van der Waals surface area contributed by atoms with Crippen molar-refractivity contribution < 1.29 is 33.8 Å². The highest BCUT2D eigenvalue weighted by atomic mass is 16.6. The zero-order chi connectivity index (χ0) is 50.8. The zero-order valence-electron chi connectivity index (χ0n) is 41.1. The van der Waals surface area contributed by atoms with Crippen LogP contribution in [0.25, 0.3) is 0 Å². The molecule has 5 aromatic carbocycles. The lowest BCUT2D eigenvalue weighted by Gasteiger charge is -2.46. The van der Waals surface area contributed by atoms with Crippen molar-refractivity contribution in [3.05, 3.63) is 197 Å². The van der Waals surface area contributed by atoms with Crippen LogP contribution in [-0.4, -0.2) is 94.1 Å².